The Labute approximate surface area is 102 Å². The first-order valence-corrected chi connectivity index (χ1v) is 6.23. The molecule has 1 aromatic rings. The Morgan fingerprint density at radius 2 is 2.47 bits per heavy atom. The van der Waals surface area contributed by atoms with E-state index in [0.717, 1.165) is 37.6 Å². The normalized spacial score (nSPS) is 26.4. The second-order valence-electron chi connectivity index (χ2n) is 4.69. The molecule has 0 amide bonds. The number of anilines is 1. The molecule has 0 aromatic carbocycles. The second kappa shape index (κ2) is 4.18. The van der Waals surface area contributed by atoms with Crippen LogP contribution in [0.2, 0.25) is 0 Å². The molecule has 0 spiro atoms. The zero-order valence-electron chi connectivity index (χ0n) is 10.3. The first-order chi connectivity index (χ1) is 8.33. The highest BCUT2D eigenvalue weighted by molar-refractivity contribution is 5.59. The van der Waals surface area contributed by atoms with Crippen LogP contribution in [-0.2, 0) is 11.2 Å². The molecule has 0 N–H and O–H groups in total. The van der Waals surface area contributed by atoms with Gasteiger partial charge in [0.2, 0.25) is 0 Å². The van der Waals surface area contributed by atoms with Gasteiger partial charge in [-0.3, -0.25) is 0 Å². The summed E-state index contributed by atoms with van der Waals surface area (Å²) in [6.07, 6.45) is 4.20. The lowest BCUT2D eigenvalue weighted by molar-refractivity contribution is 0.116. The van der Waals surface area contributed by atoms with Gasteiger partial charge in [0.25, 0.3) is 0 Å². The van der Waals surface area contributed by atoms with Crippen molar-refractivity contribution in [3.63, 3.8) is 0 Å². The zero-order chi connectivity index (χ0) is 11.8. The molecule has 2 atom stereocenters. The lowest BCUT2D eigenvalue weighted by Gasteiger charge is -2.32. The predicted molar refractivity (Wildman–Crippen MR) is 65.7 cm³/mol. The summed E-state index contributed by atoms with van der Waals surface area (Å²) in [5, 5.41) is 0. The van der Waals surface area contributed by atoms with Crippen molar-refractivity contribution >= 4 is 5.82 Å². The number of fused-ring (bicyclic) bond motifs is 3. The SMILES string of the molecule is CCc1ccnc2c1OCC1CC(OC)CN21. The lowest BCUT2D eigenvalue weighted by atomic mass is 10.1. The summed E-state index contributed by atoms with van der Waals surface area (Å²) in [5.41, 5.74) is 1.24. The summed E-state index contributed by atoms with van der Waals surface area (Å²) >= 11 is 0. The van der Waals surface area contributed by atoms with Crippen LogP contribution < -0.4 is 9.64 Å². The highest BCUT2D eigenvalue weighted by Gasteiger charge is 2.38. The first-order valence-electron chi connectivity index (χ1n) is 6.23. The molecule has 0 bridgehead atoms. The van der Waals surface area contributed by atoms with Gasteiger partial charge in [0, 0.05) is 19.9 Å². The molecule has 0 radical (unpaired) electrons. The smallest absolute Gasteiger partial charge is 0.172 e. The molecular weight excluding hydrogens is 216 g/mol. The van der Waals surface area contributed by atoms with Crippen molar-refractivity contribution in [1.29, 1.82) is 0 Å². The van der Waals surface area contributed by atoms with Crippen molar-refractivity contribution in [2.75, 3.05) is 25.2 Å². The number of aromatic nitrogens is 1. The molecule has 1 fully saturated rings. The molecule has 2 aliphatic heterocycles. The van der Waals surface area contributed by atoms with Gasteiger partial charge in [-0.1, -0.05) is 6.92 Å². The van der Waals surface area contributed by atoms with Crippen molar-refractivity contribution in [1.82, 2.24) is 4.98 Å². The Morgan fingerprint density at radius 3 is 3.24 bits per heavy atom. The van der Waals surface area contributed by atoms with Crippen LogP contribution in [0.15, 0.2) is 12.3 Å². The van der Waals surface area contributed by atoms with Crippen molar-refractivity contribution in [3.8, 4) is 5.75 Å². The topological polar surface area (TPSA) is 34.6 Å². The van der Waals surface area contributed by atoms with E-state index in [1.54, 1.807) is 7.11 Å². The predicted octanol–water partition coefficient (Wildman–Crippen LogP) is 1.63. The van der Waals surface area contributed by atoms with E-state index in [2.05, 4.69) is 16.8 Å². The van der Waals surface area contributed by atoms with Crippen molar-refractivity contribution in [3.05, 3.63) is 17.8 Å². The average molecular weight is 234 g/mol. The third kappa shape index (κ3) is 1.67. The van der Waals surface area contributed by atoms with Gasteiger partial charge < -0.3 is 14.4 Å². The Kier molecular flexibility index (Phi) is 2.67. The Hall–Kier alpha value is -1.29. The fraction of sp³-hybridized carbons (Fsp3) is 0.615. The van der Waals surface area contributed by atoms with Gasteiger partial charge in [0.15, 0.2) is 11.6 Å². The van der Waals surface area contributed by atoms with Crippen LogP contribution in [0.1, 0.15) is 18.9 Å². The second-order valence-corrected chi connectivity index (χ2v) is 4.69. The number of hydrogen-bond acceptors (Lipinski definition) is 4. The molecule has 2 unspecified atom stereocenters. The minimum atomic E-state index is 0.307. The summed E-state index contributed by atoms with van der Waals surface area (Å²) < 4.78 is 11.3. The van der Waals surface area contributed by atoms with Gasteiger partial charge in [-0.2, -0.15) is 0 Å². The molecule has 92 valence electrons. The minimum Gasteiger partial charge on any atom is -0.487 e. The standard InChI is InChI=1S/C13H18N2O2/c1-3-9-4-5-14-13-12(9)17-8-10-6-11(16-2)7-15(10)13/h4-5,10-11H,3,6-8H2,1-2H3. The maximum absolute atomic E-state index is 5.89. The Morgan fingerprint density at radius 1 is 1.59 bits per heavy atom. The highest BCUT2D eigenvalue weighted by atomic mass is 16.5. The van der Waals surface area contributed by atoms with Gasteiger partial charge in [0.05, 0.1) is 12.1 Å². The van der Waals surface area contributed by atoms with E-state index in [1.807, 2.05) is 12.3 Å². The summed E-state index contributed by atoms with van der Waals surface area (Å²) in [5.74, 6) is 1.98. The fourth-order valence-electron chi connectivity index (χ4n) is 2.76. The highest BCUT2D eigenvalue weighted by Crippen LogP contribution is 2.39. The number of nitrogens with zero attached hydrogens (tertiary/aromatic N) is 2. The molecule has 3 rings (SSSR count). The lowest BCUT2D eigenvalue weighted by Crippen LogP contribution is -2.39. The van der Waals surface area contributed by atoms with Gasteiger partial charge in [-0.15, -0.1) is 0 Å². The number of ether oxygens (including phenoxy) is 2. The van der Waals surface area contributed by atoms with Crippen LogP contribution in [-0.4, -0.2) is 37.4 Å². The molecule has 4 nitrogen and oxygen atoms in total. The van der Waals surface area contributed by atoms with Gasteiger partial charge in [0.1, 0.15) is 6.61 Å². The van der Waals surface area contributed by atoms with Crippen LogP contribution >= 0.6 is 0 Å². The van der Waals surface area contributed by atoms with Gasteiger partial charge >= 0.3 is 0 Å². The molecule has 17 heavy (non-hydrogen) atoms. The van der Waals surface area contributed by atoms with E-state index in [9.17, 15) is 0 Å². The summed E-state index contributed by atoms with van der Waals surface area (Å²) in [6, 6.07) is 2.47. The minimum absolute atomic E-state index is 0.307. The van der Waals surface area contributed by atoms with E-state index in [-0.39, 0.29) is 0 Å². The number of hydrogen-bond donors (Lipinski definition) is 0. The average Bonchev–Trinajstić information content (AvgIpc) is 2.81. The van der Waals surface area contributed by atoms with Crippen molar-refractivity contribution < 1.29 is 9.47 Å². The Bertz CT molecular complexity index is 422. The number of pyridine rings is 1. The molecule has 3 heterocycles. The number of methoxy groups -OCH3 is 1. The third-order valence-electron chi connectivity index (χ3n) is 3.75. The van der Waals surface area contributed by atoms with Crippen molar-refractivity contribution in [2.45, 2.75) is 31.9 Å². The maximum atomic E-state index is 5.89. The molecule has 1 saturated heterocycles. The molecule has 1 aromatic heterocycles. The van der Waals surface area contributed by atoms with Gasteiger partial charge in [-0.25, -0.2) is 4.98 Å². The largest absolute Gasteiger partial charge is 0.487 e. The molecule has 0 saturated carbocycles. The molecular formula is C13H18N2O2. The van der Waals surface area contributed by atoms with Crippen LogP contribution in [0.4, 0.5) is 5.82 Å². The van der Waals surface area contributed by atoms with E-state index in [0.29, 0.717) is 12.1 Å². The quantitative estimate of drug-likeness (QED) is 0.779. The molecule has 2 aliphatic rings. The Balaban J connectivity index is 1.97. The fourth-order valence-corrected chi connectivity index (χ4v) is 2.76. The monoisotopic (exact) mass is 234 g/mol. The summed E-state index contributed by atoms with van der Waals surface area (Å²) in [7, 11) is 1.78. The summed E-state index contributed by atoms with van der Waals surface area (Å²) in [4.78, 5) is 6.82. The van der Waals surface area contributed by atoms with Crippen LogP contribution in [0.3, 0.4) is 0 Å². The zero-order valence-corrected chi connectivity index (χ0v) is 10.3. The molecule has 0 aliphatic carbocycles. The first kappa shape index (κ1) is 10.8. The van der Waals surface area contributed by atoms with E-state index < -0.39 is 0 Å². The summed E-state index contributed by atoms with van der Waals surface area (Å²) in [6.45, 7) is 3.83. The van der Waals surface area contributed by atoms with Crippen LogP contribution in [0, 0.1) is 0 Å². The maximum Gasteiger partial charge on any atom is 0.172 e. The van der Waals surface area contributed by atoms with Crippen LogP contribution in [0.5, 0.6) is 5.75 Å². The molecule has 4 heteroatoms. The van der Waals surface area contributed by atoms with E-state index >= 15 is 0 Å². The van der Waals surface area contributed by atoms with E-state index in [1.165, 1.54) is 5.56 Å². The number of rotatable bonds is 2. The third-order valence-corrected chi connectivity index (χ3v) is 3.75. The van der Waals surface area contributed by atoms with Gasteiger partial charge in [-0.05, 0) is 24.5 Å². The van der Waals surface area contributed by atoms with Crippen molar-refractivity contribution in [2.24, 2.45) is 0 Å². The van der Waals surface area contributed by atoms with E-state index in [4.69, 9.17) is 9.47 Å². The van der Waals surface area contributed by atoms with Crippen LogP contribution in [0.25, 0.3) is 0 Å². The number of aryl methyl sites for hydroxylation is 1.